The van der Waals surface area contributed by atoms with Crippen LogP contribution in [-0.4, -0.2) is 63.2 Å². The van der Waals surface area contributed by atoms with Crippen LogP contribution in [0, 0.1) is 0 Å². The first kappa shape index (κ1) is 29.3. The number of carbonyl (C=O) groups is 2. The Labute approximate surface area is 193 Å². The summed E-state index contributed by atoms with van der Waals surface area (Å²) in [5, 5.41) is 5.75. The average molecular weight is 502 g/mol. The second kappa shape index (κ2) is 13.9. The smallest absolute Gasteiger partial charge is 0.422 e. The lowest BCUT2D eigenvalue weighted by Gasteiger charge is -2.24. The summed E-state index contributed by atoms with van der Waals surface area (Å²) in [6.07, 6.45) is -6.41. The first-order chi connectivity index (χ1) is 15.8. The highest BCUT2D eigenvalue weighted by Gasteiger charge is 2.30. The fourth-order valence-corrected chi connectivity index (χ4v) is 2.84. The molecule has 194 valence electrons. The summed E-state index contributed by atoms with van der Waals surface area (Å²) < 4.78 is 87.7. The topological polar surface area (TPSA) is 85.9 Å². The van der Waals surface area contributed by atoms with E-state index in [0.29, 0.717) is 6.61 Å². The van der Waals surface area contributed by atoms with Crippen molar-refractivity contribution in [2.75, 3.05) is 32.9 Å². The number of halogens is 6. The van der Waals surface area contributed by atoms with E-state index in [1.165, 1.54) is 6.92 Å². The predicted octanol–water partition coefficient (Wildman–Crippen LogP) is 4.01. The van der Waals surface area contributed by atoms with Crippen molar-refractivity contribution < 1.29 is 50.1 Å². The van der Waals surface area contributed by atoms with E-state index >= 15 is 0 Å². The van der Waals surface area contributed by atoms with Gasteiger partial charge in [-0.05, 0) is 44.5 Å². The van der Waals surface area contributed by atoms with Gasteiger partial charge in [0.05, 0.1) is 12.2 Å². The third-order valence-corrected chi connectivity index (χ3v) is 4.26. The maximum absolute atomic E-state index is 12.4. The minimum Gasteiger partial charge on any atom is -0.484 e. The molecule has 7 nitrogen and oxygen atoms in total. The minimum atomic E-state index is -4.63. The molecule has 0 spiro atoms. The zero-order valence-corrected chi connectivity index (χ0v) is 18.8. The van der Waals surface area contributed by atoms with Crippen molar-refractivity contribution in [1.29, 1.82) is 0 Å². The highest BCUT2D eigenvalue weighted by Crippen LogP contribution is 2.28. The normalized spacial score (nSPS) is 16.1. The van der Waals surface area contributed by atoms with Crippen molar-refractivity contribution in [3.63, 3.8) is 0 Å². The molecule has 1 saturated heterocycles. The van der Waals surface area contributed by atoms with E-state index in [2.05, 4.69) is 24.8 Å². The molecule has 1 unspecified atom stereocenters. The molecule has 1 atom stereocenters. The van der Waals surface area contributed by atoms with E-state index in [1.807, 2.05) is 0 Å². The second-order valence-corrected chi connectivity index (χ2v) is 7.25. The van der Waals surface area contributed by atoms with Gasteiger partial charge in [0, 0.05) is 19.5 Å². The van der Waals surface area contributed by atoms with E-state index in [1.54, 1.807) is 6.92 Å². The van der Waals surface area contributed by atoms with Gasteiger partial charge in [-0.1, -0.05) is 6.42 Å². The Kier molecular flexibility index (Phi) is 12.0. The van der Waals surface area contributed by atoms with Crippen molar-refractivity contribution >= 4 is 11.9 Å². The van der Waals surface area contributed by atoms with Crippen LogP contribution in [-0.2, 0) is 9.53 Å². The number of alkyl halides is 6. The number of nitrogens with one attached hydrogen (secondary N) is 2. The molecule has 13 heteroatoms. The molecule has 1 amide bonds. The molecule has 0 aliphatic carbocycles. The molecular formula is C21H28F6N2O5. The molecule has 34 heavy (non-hydrogen) atoms. The Balaban J connectivity index is 0.000000852. The van der Waals surface area contributed by atoms with Crippen molar-refractivity contribution in [2.45, 2.75) is 51.5 Å². The number of rotatable bonds is 8. The van der Waals surface area contributed by atoms with Crippen LogP contribution in [0.5, 0.6) is 11.5 Å². The quantitative estimate of drug-likeness (QED) is 0.413. The van der Waals surface area contributed by atoms with E-state index in [4.69, 9.17) is 0 Å². The molecular weight excluding hydrogens is 474 g/mol. The molecule has 1 aliphatic rings. The van der Waals surface area contributed by atoms with Crippen molar-refractivity contribution in [1.82, 2.24) is 10.6 Å². The van der Waals surface area contributed by atoms with Crippen LogP contribution in [0.25, 0.3) is 0 Å². The Morgan fingerprint density at radius 1 is 1.06 bits per heavy atom. The van der Waals surface area contributed by atoms with Gasteiger partial charge in [-0.3, -0.25) is 9.59 Å². The number of ether oxygens (including phenoxy) is 3. The number of hydrogen-bond donors (Lipinski definition) is 2. The van der Waals surface area contributed by atoms with Gasteiger partial charge in [0.2, 0.25) is 0 Å². The predicted molar refractivity (Wildman–Crippen MR) is 110 cm³/mol. The molecule has 0 aromatic heterocycles. The van der Waals surface area contributed by atoms with Gasteiger partial charge < -0.3 is 24.8 Å². The molecule has 1 aliphatic heterocycles. The van der Waals surface area contributed by atoms with E-state index in [9.17, 15) is 35.9 Å². The Morgan fingerprint density at radius 3 is 2.21 bits per heavy atom. The van der Waals surface area contributed by atoms with Gasteiger partial charge >= 0.3 is 18.3 Å². The molecule has 1 aromatic carbocycles. The standard InChI is InChI=1S/C17H20F6N2O3.C4H8O2/c18-16(19,20)9-27-12-4-5-14(28-10-17(21,22)23)13(7-12)15(26)25-8-11-3-1-2-6-24-11;1-3-6-4(2)5/h4-5,7,11,24H,1-3,6,8-10H2,(H,25,26);3H2,1-2H3. The third-order valence-electron chi connectivity index (χ3n) is 4.26. The lowest BCUT2D eigenvalue weighted by molar-refractivity contribution is -0.154. The average Bonchev–Trinajstić information content (AvgIpc) is 2.75. The van der Waals surface area contributed by atoms with Gasteiger partial charge in [-0.25, -0.2) is 0 Å². The van der Waals surface area contributed by atoms with Crippen LogP contribution in [0.3, 0.4) is 0 Å². The number of hydrogen-bond acceptors (Lipinski definition) is 6. The van der Waals surface area contributed by atoms with Crippen LogP contribution in [0.2, 0.25) is 0 Å². The highest BCUT2D eigenvalue weighted by atomic mass is 19.4. The van der Waals surface area contributed by atoms with Gasteiger partial charge in [0.15, 0.2) is 13.2 Å². The first-order valence-corrected chi connectivity index (χ1v) is 10.5. The summed E-state index contributed by atoms with van der Waals surface area (Å²) in [5.41, 5.74) is -0.334. The van der Waals surface area contributed by atoms with Crippen LogP contribution in [0.15, 0.2) is 18.2 Å². The monoisotopic (exact) mass is 502 g/mol. The van der Waals surface area contributed by atoms with Crippen LogP contribution < -0.4 is 20.1 Å². The van der Waals surface area contributed by atoms with E-state index < -0.39 is 37.2 Å². The van der Waals surface area contributed by atoms with Crippen LogP contribution in [0.1, 0.15) is 43.5 Å². The minimum absolute atomic E-state index is 0.0157. The molecule has 0 bridgehead atoms. The Bertz CT molecular complexity index is 780. The van der Waals surface area contributed by atoms with Crippen molar-refractivity contribution in [2.24, 2.45) is 0 Å². The largest absolute Gasteiger partial charge is 0.484 e. The fourth-order valence-electron chi connectivity index (χ4n) is 2.84. The molecule has 2 rings (SSSR count). The zero-order valence-electron chi connectivity index (χ0n) is 18.8. The maximum atomic E-state index is 12.4. The molecule has 1 aromatic rings. The number of amides is 1. The third kappa shape index (κ3) is 13.1. The molecule has 2 N–H and O–H groups in total. The van der Waals surface area contributed by atoms with Gasteiger partial charge in [0.25, 0.3) is 5.91 Å². The summed E-state index contributed by atoms with van der Waals surface area (Å²) in [5.74, 6) is -1.68. The summed E-state index contributed by atoms with van der Waals surface area (Å²) in [6.45, 7) is 1.44. The van der Waals surface area contributed by atoms with Gasteiger partial charge in [0.1, 0.15) is 11.5 Å². The number of carbonyl (C=O) groups excluding carboxylic acids is 2. The number of benzene rings is 1. The highest BCUT2D eigenvalue weighted by molar-refractivity contribution is 5.97. The molecule has 0 radical (unpaired) electrons. The number of esters is 1. The Morgan fingerprint density at radius 2 is 1.71 bits per heavy atom. The molecule has 1 fully saturated rings. The zero-order chi connectivity index (χ0) is 25.8. The van der Waals surface area contributed by atoms with E-state index in [0.717, 1.165) is 44.0 Å². The van der Waals surface area contributed by atoms with Gasteiger partial charge in [-0.15, -0.1) is 0 Å². The first-order valence-electron chi connectivity index (χ1n) is 10.5. The summed E-state index contributed by atoms with van der Waals surface area (Å²) in [4.78, 5) is 22.2. The molecule has 1 heterocycles. The summed E-state index contributed by atoms with van der Waals surface area (Å²) in [6, 6.07) is 2.94. The SMILES string of the molecule is CCOC(C)=O.O=C(NCC1CCCCN1)c1cc(OCC(F)(F)F)ccc1OCC(F)(F)F. The van der Waals surface area contributed by atoms with Gasteiger partial charge in [-0.2, -0.15) is 26.3 Å². The number of piperidine rings is 1. The van der Waals surface area contributed by atoms with Crippen molar-refractivity contribution in [3.05, 3.63) is 23.8 Å². The van der Waals surface area contributed by atoms with Crippen LogP contribution in [0.4, 0.5) is 26.3 Å². The Hall–Kier alpha value is -2.70. The fraction of sp³-hybridized carbons (Fsp3) is 0.619. The summed E-state index contributed by atoms with van der Waals surface area (Å²) >= 11 is 0. The maximum Gasteiger partial charge on any atom is 0.422 e. The lowest BCUT2D eigenvalue weighted by atomic mass is 10.0. The van der Waals surface area contributed by atoms with Crippen molar-refractivity contribution in [3.8, 4) is 11.5 Å². The van der Waals surface area contributed by atoms with Crippen LogP contribution >= 0.6 is 0 Å². The van der Waals surface area contributed by atoms with E-state index in [-0.39, 0.29) is 29.9 Å². The summed E-state index contributed by atoms with van der Waals surface area (Å²) in [7, 11) is 0. The molecule has 0 saturated carbocycles. The lowest BCUT2D eigenvalue weighted by Crippen LogP contribution is -2.43. The second-order valence-electron chi connectivity index (χ2n) is 7.25.